The Hall–Kier alpha value is -3.20. The van der Waals surface area contributed by atoms with Crippen LogP contribution in [0.5, 0.6) is 0 Å². The Morgan fingerprint density at radius 1 is 1.13 bits per heavy atom. The number of aryl methyl sites for hydroxylation is 2. The van der Waals surface area contributed by atoms with Gasteiger partial charge in [0.15, 0.2) is 0 Å². The van der Waals surface area contributed by atoms with E-state index >= 15 is 0 Å². The maximum atomic E-state index is 12.6. The van der Waals surface area contributed by atoms with E-state index in [9.17, 15) is 13.2 Å². The SMILES string of the molecule is CCS(=O)(=O)Nc1ccc(-c2noc(C3CC(=O)N(c4ccc(C)c(C)c4)C3)n2)cc1. The second-order valence-corrected chi connectivity index (χ2v) is 9.72. The zero-order valence-corrected chi connectivity index (χ0v) is 18.4. The molecule has 1 fully saturated rings. The van der Waals surface area contributed by atoms with Gasteiger partial charge in [-0.05, 0) is 68.3 Å². The third-order valence-electron chi connectivity index (χ3n) is 5.51. The summed E-state index contributed by atoms with van der Waals surface area (Å²) < 4.78 is 31.3. The molecule has 31 heavy (non-hydrogen) atoms. The van der Waals surface area contributed by atoms with Crippen LogP contribution in [0.4, 0.5) is 11.4 Å². The van der Waals surface area contributed by atoms with Gasteiger partial charge < -0.3 is 9.42 Å². The van der Waals surface area contributed by atoms with Gasteiger partial charge in [0.2, 0.25) is 27.6 Å². The molecule has 0 spiro atoms. The molecule has 162 valence electrons. The van der Waals surface area contributed by atoms with Gasteiger partial charge in [0, 0.05) is 29.9 Å². The minimum Gasteiger partial charge on any atom is -0.339 e. The number of benzene rings is 2. The Balaban J connectivity index is 1.49. The number of nitrogens with zero attached hydrogens (tertiary/aromatic N) is 3. The van der Waals surface area contributed by atoms with Crippen molar-refractivity contribution < 1.29 is 17.7 Å². The van der Waals surface area contributed by atoms with E-state index in [0.717, 1.165) is 11.3 Å². The number of carbonyl (C=O) groups excluding carboxylic acids is 1. The van der Waals surface area contributed by atoms with E-state index in [1.54, 1.807) is 36.1 Å². The standard InChI is InChI=1S/C22H24N4O4S/c1-4-31(28,29)25-18-8-6-16(7-9-18)21-23-22(30-24-21)17-12-20(27)26(13-17)19-10-5-14(2)15(3)11-19/h5-11,17,25H,4,12-13H2,1-3H3. The summed E-state index contributed by atoms with van der Waals surface area (Å²) in [6.45, 7) is 6.13. The predicted molar refractivity (Wildman–Crippen MR) is 118 cm³/mol. The molecule has 0 aliphatic carbocycles. The third kappa shape index (κ3) is 4.46. The van der Waals surface area contributed by atoms with Gasteiger partial charge in [0.25, 0.3) is 0 Å². The van der Waals surface area contributed by atoms with Gasteiger partial charge in [0.05, 0.1) is 11.7 Å². The van der Waals surface area contributed by atoms with E-state index in [4.69, 9.17) is 4.52 Å². The lowest BCUT2D eigenvalue weighted by atomic mass is 10.1. The number of amides is 1. The highest BCUT2D eigenvalue weighted by Crippen LogP contribution is 2.32. The smallest absolute Gasteiger partial charge is 0.232 e. The maximum Gasteiger partial charge on any atom is 0.232 e. The van der Waals surface area contributed by atoms with Crippen LogP contribution in [0, 0.1) is 13.8 Å². The van der Waals surface area contributed by atoms with Crippen LogP contribution in [-0.4, -0.2) is 36.8 Å². The molecular weight excluding hydrogens is 416 g/mol. The number of carbonyl (C=O) groups is 1. The summed E-state index contributed by atoms with van der Waals surface area (Å²) in [5.74, 6) is 0.677. The van der Waals surface area contributed by atoms with Crippen LogP contribution in [0.2, 0.25) is 0 Å². The van der Waals surface area contributed by atoms with Crippen LogP contribution in [0.3, 0.4) is 0 Å². The largest absolute Gasteiger partial charge is 0.339 e. The predicted octanol–water partition coefficient (Wildman–Crippen LogP) is 3.64. The molecule has 1 unspecified atom stereocenters. The summed E-state index contributed by atoms with van der Waals surface area (Å²) in [5.41, 5.74) is 4.37. The number of rotatable bonds is 6. The molecule has 2 heterocycles. The maximum absolute atomic E-state index is 12.6. The zero-order valence-electron chi connectivity index (χ0n) is 17.6. The van der Waals surface area contributed by atoms with Crippen molar-refractivity contribution in [3.63, 3.8) is 0 Å². The van der Waals surface area contributed by atoms with E-state index in [0.29, 0.717) is 35.9 Å². The van der Waals surface area contributed by atoms with Crippen molar-refractivity contribution in [2.24, 2.45) is 0 Å². The lowest BCUT2D eigenvalue weighted by Gasteiger charge is -2.17. The number of nitrogens with one attached hydrogen (secondary N) is 1. The second kappa shape index (κ2) is 8.14. The van der Waals surface area contributed by atoms with Crippen molar-refractivity contribution in [2.45, 2.75) is 33.1 Å². The van der Waals surface area contributed by atoms with Crippen molar-refractivity contribution >= 4 is 27.3 Å². The first kappa shape index (κ1) is 21.0. The monoisotopic (exact) mass is 440 g/mol. The van der Waals surface area contributed by atoms with E-state index in [1.165, 1.54) is 5.56 Å². The highest BCUT2D eigenvalue weighted by atomic mass is 32.2. The minimum absolute atomic E-state index is 0.00222. The van der Waals surface area contributed by atoms with Gasteiger partial charge in [-0.2, -0.15) is 4.98 Å². The van der Waals surface area contributed by atoms with E-state index in [2.05, 4.69) is 14.9 Å². The van der Waals surface area contributed by atoms with Crippen LogP contribution >= 0.6 is 0 Å². The Bertz CT molecular complexity index is 1220. The molecule has 0 saturated carbocycles. The molecule has 8 nitrogen and oxygen atoms in total. The van der Waals surface area contributed by atoms with Gasteiger partial charge in [0.1, 0.15) is 0 Å². The second-order valence-electron chi connectivity index (χ2n) is 7.71. The summed E-state index contributed by atoms with van der Waals surface area (Å²) in [4.78, 5) is 18.8. The summed E-state index contributed by atoms with van der Waals surface area (Å²) in [5, 5.41) is 4.05. The molecule has 1 aliphatic heterocycles. The first-order valence-electron chi connectivity index (χ1n) is 10.1. The summed E-state index contributed by atoms with van der Waals surface area (Å²) in [6.07, 6.45) is 0.312. The van der Waals surface area contributed by atoms with Crippen LogP contribution < -0.4 is 9.62 Å². The highest BCUT2D eigenvalue weighted by molar-refractivity contribution is 7.92. The molecule has 9 heteroatoms. The van der Waals surface area contributed by atoms with Gasteiger partial charge in [-0.1, -0.05) is 11.2 Å². The fourth-order valence-corrected chi connectivity index (χ4v) is 4.11. The molecule has 4 rings (SSSR count). The van der Waals surface area contributed by atoms with E-state index in [-0.39, 0.29) is 17.6 Å². The molecule has 1 saturated heterocycles. The summed E-state index contributed by atoms with van der Waals surface area (Å²) in [7, 11) is -3.33. The number of aromatic nitrogens is 2. The molecule has 0 radical (unpaired) electrons. The minimum atomic E-state index is -3.33. The first-order chi connectivity index (χ1) is 14.8. The Morgan fingerprint density at radius 2 is 1.87 bits per heavy atom. The molecule has 1 aromatic heterocycles. The number of hydrogen-bond acceptors (Lipinski definition) is 6. The lowest BCUT2D eigenvalue weighted by Crippen LogP contribution is -2.24. The Kier molecular flexibility index (Phi) is 5.53. The van der Waals surface area contributed by atoms with Crippen LogP contribution in [0.1, 0.15) is 36.3 Å². The van der Waals surface area contributed by atoms with Crippen molar-refractivity contribution in [2.75, 3.05) is 21.9 Å². The average Bonchev–Trinajstić information content (AvgIpc) is 3.37. The quantitative estimate of drug-likeness (QED) is 0.627. The van der Waals surface area contributed by atoms with Crippen molar-refractivity contribution in [1.82, 2.24) is 10.1 Å². The molecule has 0 bridgehead atoms. The zero-order chi connectivity index (χ0) is 22.2. The van der Waals surface area contributed by atoms with Crippen molar-refractivity contribution in [1.29, 1.82) is 0 Å². The van der Waals surface area contributed by atoms with Crippen LogP contribution in [0.15, 0.2) is 47.0 Å². The van der Waals surface area contributed by atoms with Crippen LogP contribution in [-0.2, 0) is 14.8 Å². The molecule has 1 atom stereocenters. The van der Waals surface area contributed by atoms with Crippen molar-refractivity contribution in [3.8, 4) is 11.4 Å². The normalized spacial score (nSPS) is 16.7. The fraction of sp³-hybridized carbons (Fsp3) is 0.318. The molecule has 2 aromatic carbocycles. The van der Waals surface area contributed by atoms with Crippen molar-refractivity contribution in [3.05, 3.63) is 59.5 Å². The van der Waals surface area contributed by atoms with Gasteiger partial charge in [-0.25, -0.2) is 8.42 Å². The third-order valence-corrected chi connectivity index (χ3v) is 6.82. The molecule has 1 aliphatic rings. The van der Waals surface area contributed by atoms with Gasteiger partial charge in [-0.15, -0.1) is 0 Å². The Morgan fingerprint density at radius 3 is 2.55 bits per heavy atom. The van der Waals surface area contributed by atoms with Crippen LogP contribution in [0.25, 0.3) is 11.4 Å². The summed E-state index contributed by atoms with van der Waals surface area (Å²) >= 11 is 0. The average molecular weight is 441 g/mol. The lowest BCUT2D eigenvalue weighted by molar-refractivity contribution is -0.117. The topological polar surface area (TPSA) is 105 Å². The Labute approximate surface area is 181 Å². The van der Waals surface area contributed by atoms with E-state index < -0.39 is 10.0 Å². The first-order valence-corrected chi connectivity index (χ1v) is 11.7. The number of anilines is 2. The highest BCUT2D eigenvalue weighted by Gasteiger charge is 2.35. The summed E-state index contributed by atoms with van der Waals surface area (Å²) in [6, 6.07) is 12.7. The number of hydrogen-bond donors (Lipinski definition) is 1. The van der Waals surface area contributed by atoms with Gasteiger partial charge in [-0.3, -0.25) is 9.52 Å². The van der Waals surface area contributed by atoms with E-state index in [1.807, 2.05) is 32.0 Å². The molecule has 3 aromatic rings. The molecule has 1 N–H and O–H groups in total. The number of sulfonamides is 1. The van der Waals surface area contributed by atoms with Gasteiger partial charge >= 0.3 is 0 Å². The fourth-order valence-electron chi connectivity index (χ4n) is 3.47. The molecular formula is C22H24N4O4S. The molecule has 1 amide bonds.